The van der Waals surface area contributed by atoms with E-state index in [0.29, 0.717) is 5.96 Å². The number of guanidine groups is 1. The normalized spacial score (nSPS) is 24.8. The lowest BCUT2D eigenvalue weighted by molar-refractivity contribution is -0.153. The molecule has 6 nitrogen and oxygen atoms in total. The average Bonchev–Trinajstić information content (AvgIpc) is 3.09. The van der Waals surface area contributed by atoms with Gasteiger partial charge in [-0.1, -0.05) is 6.07 Å². The van der Waals surface area contributed by atoms with Crippen LogP contribution in [0.25, 0.3) is 0 Å². The summed E-state index contributed by atoms with van der Waals surface area (Å²) in [7, 11) is 0. The van der Waals surface area contributed by atoms with Crippen molar-refractivity contribution in [3.8, 4) is 0 Å². The minimum Gasteiger partial charge on any atom is -0.465 e. The lowest BCUT2D eigenvalue weighted by Crippen LogP contribution is -2.53. The van der Waals surface area contributed by atoms with Crippen LogP contribution in [0.3, 0.4) is 0 Å². The molecule has 0 aliphatic carbocycles. The molecule has 7 heteroatoms. The zero-order valence-corrected chi connectivity index (χ0v) is 14.0. The lowest BCUT2D eigenvalue weighted by Gasteiger charge is -2.34. The van der Waals surface area contributed by atoms with Crippen molar-refractivity contribution >= 4 is 29.2 Å². The van der Waals surface area contributed by atoms with E-state index < -0.39 is 17.9 Å². The molecule has 0 bridgehead atoms. The summed E-state index contributed by atoms with van der Waals surface area (Å²) in [4.78, 5) is 32.5. The number of esters is 1. The number of carbonyl (C=O) groups excluding carboxylic acids is 2. The fraction of sp³-hybridized carbons (Fsp3) is 0.562. The van der Waals surface area contributed by atoms with Crippen molar-refractivity contribution < 1.29 is 14.3 Å². The molecule has 3 rings (SSSR count). The number of amides is 1. The second-order valence-corrected chi connectivity index (χ2v) is 6.66. The molecule has 0 aromatic carbocycles. The van der Waals surface area contributed by atoms with Gasteiger partial charge < -0.3 is 9.64 Å². The summed E-state index contributed by atoms with van der Waals surface area (Å²) in [5.74, 6) is -1.15. The average molecular weight is 335 g/mol. The van der Waals surface area contributed by atoms with E-state index in [0.717, 1.165) is 30.8 Å². The molecule has 1 fully saturated rings. The number of rotatable bonds is 3. The van der Waals surface area contributed by atoms with Gasteiger partial charge in [0, 0.05) is 18.0 Å². The number of likely N-dealkylation sites (tertiary alicyclic amines) is 1. The molecule has 2 atom stereocenters. The molecular weight excluding hydrogens is 314 g/mol. The second-order valence-electron chi connectivity index (χ2n) is 5.68. The predicted octanol–water partition coefficient (Wildman–Crippen LogP) is 1.94. The first kappa shape index (κ1) is 16.0. The summed E-state index contributed by atoms with van der Waals surface area (Å²) >= 11 is 1.51. The van der Waals surface area contributed by atoms with E-state index in [1.165, 1.54) is 17.8 Å². The van der Waals surface area contributed by atoms with E-state index >= 15 is 0 Å². The first-order chi connectivity index (χ1) is 11.2. The summed E-state index contributed by atoms with van der Waals surface area (Å²) in [5.41, 5.74) is 0. The van der Waals surface area contributed by atoms with Crippen molar-refractivity contribution in [1.82, 2.24) is 10.2 Å². The number of nitrogens with one attached hydrogen (secondary N) is 1. The van der Waals surface area contributed by atoms with Crippen LogP contribution < -0.4 is 5.32 Å². The van der Waals surface area contributed by atoms with Gasteiger partial charge in [0.25, 0.3) is 0 Å². The van der Waals surface area contributed by atoms with E-state index in [1.807, 2.05) is 17.5 Å². The van der Waals surface area contributed by atoms with Crippen LogP contribution in [0.1, 0.15) is 37.1 Å². The van der Waals surface area contributed by atoms with Crippen LogP contribution in [0.5, 0.6) is 0 Å². The third-order valence-corrected chi connectivity index (χ3v) is 5.07. The van der Waals surface area contributed by atoms with Crippen LogP contribution >= 0.6 is 11.3 Å². The number of hydrogen-bond acceptors (Lipinski definition) is 6. The summed E-state index contributed by atoms with van der Waals surface area (Å²) in [6.07, 6.45) is 3.40. The number of ether oxygens (including phenoxy) is 1. The number of hydrogen-bond donors (Lipinski definition) is 1. The topological polar surface area (TPSA) is 71.0 Å². The largest absolute Gasteiger partial charge is 0.465 e. The maximum atomic E-state index is 12.6. The Bertz CT molecular complexity index is 594. The summed E-state index contributed by atoms with van der Waals surface area (Å²) in [5, 5.41) is 4.74. The van der Waals surface area contributed by atoms with Crippen LogP contribution in [0.4, 0.5) is 0 Å². The Kier molecular flexibility index (Phi) is 4.95. The number of piperidine rings is 1. The van der Waals surface area contributed by atoms with Gasteiger partial charge in [-0.15, -0.1) is 11.3 Å². The number of aliphatic imine (C=N–C) groups is 1. The van der Waals surface area contributed by atoms with Gasteiger partial charge in [-0.3, -0.25) is 14.9 Å². The third-order valence-electron chi connectivity index (χ3n) is 4.13. The standard InChI is InChI=1S/C16H21N3O3S/c1-2-22-15(21)12-13(11-7-6-10-23-11)17-16(18-14(12)20)19-8-4-3-5-9-19/h6-7,10,12-13H,2-5,8-9H2,1H3,(H,17,18,20)/t12-,13-/m0/s1. The first-order valence-electron chi connectivity index (χ1n) is 8.04. The number of thiophene rings is 1. The Balaban J connectivity index is 1.91. The van der Waals surface area contributed by atoms with Gasteiger partial charge in [0.2, 0.25) is 11.9 Å². The number of carbonyl (C=O) groups is 2. The van der Waals surface area contributed by atoms with Crippen LogP contribution in [0.2, 0.25) is 0 Å². The Morgan fingerprint density at radius 2 is 2.22 bits per heavy atom. The minimum atomic E-state index is -0.915. The highest BCUT2D eigenvalue weighted by atomic mass is 32.1. The molecule has 1 saturated heterocycles. The molecule has 1 aromatic heterocycles. The molecule has 0 radical (unpaired) electrons. The highest BCUT2D eigenvalue weighted by molar-refractivity contribution is 7.10. The maximum Gasteiger partial charge on any atom is 0.321 e. The van der Waals surface area contributed by atoms with Crippen LogP contribution in [-0.2, 0) is 14.3 Å². The lowest BCUT2D eigenvalue weighted by atomic mass is 9.96. The van der Waals surface area contributed by atoms with Crippen LogP contribution in [0.15, 0.2) is 22.5 Å². The van der Waals surface area contributed by atoms with Gasteiger partial charge in [0.1, 0.15) is 6.04 Å². The number of nitrogens with zero attached hydrogens (tertiary/aromatic N) is 2. The highest BCUT2D eigenvalue weighted by Gasteiger charge is 2.42. The maximum absolute atomic E-state index is 12.6. The van der Waals surface area contributed by atoms with Crippen LogP contribution in [0, 0.1) is 5.92 Å². The molecule has 0 saturated carbocycles. The molecule has 2 aliphatic heterocycles. The van der Waals surface area contributed by atoms with E-state index in [4.69, 9.17) is 9.73 Å². The molecule has 3 heterocycles. The Labute approximate surface area is 139 Å². The third kappa shape index (κ3) is 3.39. The van der Waals surface area contributed by atoms with Crippen molar-refractivity contribution in [1.29, 1.82) is 0 Å². The highest BCUT2D eigenvalue weighted by Crippen LogP contribution is 2.33. The van der Waals surface area contributed by atoms with Gasteiger partial charge in [0.05, 0.1) is 6.61 Å². The minimum absolute atomic E-state index is 0.252. The predicted molar refractivity (Wildman–Crippen MR) is 88.2 cm³/mol. The van der Waals surface area contributed by atoms with E-state index in [9.17, 15) is 9.59 Å². The summed E-state index contributed by atoms with van der Waals surface area (Å²) in [6.45, 7) is 3.77. The molecule has 0 spiro atoms. The molecule has 1 amide bonds. The first-order valence-corrected chi connectivity index (χ1v) is 8.92. The molecule has 124 valence electrons. The van der Waals surface area contributed by atoms with Crippen molar-refractivity contribution in [3.05, 3.63) is 22.4 Å². The van der Waals surface area contributed by atoms with Crippen molar-refractivity contribution in [2.75, 3.05) is 19.7 Å². The van der Waals surface area contributed by atoms with E-state index in [2.05, 4.69) is 10.2 Å². The molecule has 1 N–H and O–H groups in total. The van der Waals surface area contributed by atoms with Gasteiger partial charge >= 0.3 is 5.97 Å². The summed E-state index contributed by atoms with van der Waals surface area (Å²) < 4.78 is 5.08. The Morgan fingerprint density at radius 1 is 1.43 bits per heavy atom. The second kappa shape index (κ2) is 7.12. The van der Waals surface area contributed by atoms with Crippen molar-refractivity contribution in [2.45, 2.75) is 32.2 Å². The van der Waals surface area contributed by atoms with Gasteiger partial charge in [-0.25, -0.2) is 4.99 Å². The Morgan fingerprint density at radius 3 is 2.87 bits per heavy atom. The quantitative estimate of drug-likeness (QED) is 0.677. The molecule has 1 aromatic rings. The fourth-order valence-corrected chi connectivity index (χ4v) is 3.79. The summed E-state index contributed by atoms with van der Waals surface area (Å²) in [6, 6.07) is 3.32. The van der Waals surface area contributed by atoms with Crippen molar-refractivity contribution in [2.24, 2.45) is 10.9 Å². The van der Waals surface area contributed by atoms with E-state index in [-0.39, 0.29) is 12.5 Å². The Hall–Kier alpha value is -1.89. The fourth-order valence-electron chi connectivity index (χ4n) is 2.99. The smallest absolute Gasteiger partial charge is 0.321 e. The molecule has 0 unspecified atom stereocenters. The zero-order chi connectivity index (χ0) is 16.2. The molecule has 23 heavy (non-hydrogen) atoms. The van der Waals surface area contributed by atoms with Crippen molar-refractivity contribution in [3.63, 3.8) is 0 Å². The SMILES string of the molecule is CCOC(=O)[C@@H]1C(=O)NC(N2CCCCC2)=N[C@H]1c1cccs1. The van der Waals surface area contributed by atoms with Gasteiger partial charge in [-0.2, -0.15) is 0 Å². The van der Waals surface area contributed by atoms with Gasteiger partial charge in [0.15, 0.2) is 5.92 Å². The zero-order valence-electron chi connectivity index (χ0n) is 13.2. The van der Waals surface area contributed by atoms with Crippen LogP contribution in [-0.4, -0.2) is 42.4 Å². The van der Waals surface area contributed by atoms with E-state index in [1.54, 1.807) is 6.92 Å². The monoisotopic (exact) mass is 335 g/mol. The van der Waals surface area contributed by atoms with Gasteiger partial charge in [-0.05, 0) is 37.6 Å². The molecular formula is C16H21N3O3S. The molecule has 2 aliphatic rings.